The average Bonchev–Trinajstić information content (AvgIpc) is 3.66. The molecule has 0 radical (unpaired) electrons. The molecule has 1 nitrogen and oxygen atoms in total. The van der Waals surface area contributed by atoms with Crippen molar-refractivity contribution in [3.8, 4) is 44.5 Å². The highest BCUT2D eigenvalue weighted by molar-refractivity contribution is 5.96. The van der Waals surface area contributed by atoms with E-state index in [-0.39, 0.29) is 21.7 Å². The molecule has 0 bridgehead atoms. The van der Waals surface area contributed by atoms with Crippen LogP contribution in [0.15, 0.2) is 152 Å². The lowest BCUT2D eigenvalue weighted by atomic mass is 9.77. The number of hydrogen-bond donors (Lipinski definition) is 0. The van der Waals surface area contributed by atoms with Gasteiger partial charge in [-0.25, -0.2) is 0 Å². The van der Waals surface area contributed by atoms with Crippen LogP contribution in [-0.4, -0.2) is 0 Å². The standard InChI is InChI=1S/C55H51N/c1-52(2)34-53(3,4)48-33-46-43(32-47(48)52)41-23-15-22-40(51(41)55(46,7)8)37-19-14-20-39(31-37)56(38-29-27-36(28-30-38)35-17-10-9-11-18-35)49-26-16-25-45-50(49)42-21-12-13-24-44(42)54(45,5)6/h9-33H,34H2,1-8H3. The maximum Gasteiger partial charge on any atom is 0.0543 e. The summed E-state index contributed by atoms with van der Waals surface area (Å²) in [6, 6.07) is 57.1. The van der Waals surface area contributed by atoms with Crippen LogP contribution in [0.1, 0.15) is 95.2 Å². The number of benzene rings is 7. The van der Waals surface area contributed by atoms with Crippen LogP contribution in [0.2, 0.25) is 0 Å². The van der Waals surface area contributed by atoms with Crippen LogP contribution in [0.3, 0.4) is 0 Å². The molecular formula is C55H51N. The van der Waals surface area contributed by atoms with Gasteiger partial charge in [-0.1, -0.05) is 171 Å². The summed E-state index contributed by atoms with van der Waals surface area (Å²) in [6.07, 6.45) is 1.18. The predicted octanol–water partition coefficient (Wildman–Crippen LogP) is 15.1. The number of anilines is 3. The van der Waals surface area contributed by atoms with Gasteiger partial charge in [0.25, 0.3) is 0 Å². The Labute approximate surface area is 333 Å². The van der Waals surface area contributed by atoms with Crippen LogP contribution in [0, 0.1) is 0 Å². The lowest BCUT2D eigenvalue weighted by Crippen LogP contribution is -2.19. The first-order valence-corrected chi connectivity index (χ1v) is 20.4. The minimum atomic E-state index is -0.141. The summed E-state index contributed by atoms with van der Waals surface area (Å²) in [7, 11) is 0. The first-order chi connectivity index (χ1) is 26.8. The van der Waals surface area contributed by atoms with Gasteiger partial charge in [-0.05, 0) is 126 Å². The molecule has 3 aliphatic rings. The third-order valence-corrected chi connectivity index (χ3v) is 13.6. The molecular weight excluding hydrogens is 675 g/mol. The number of fused-ring (bicyclic) bond motifs is 7. The predicted molar refractivity (Wildman–Crippen MR) is 238 cm³/mol. The van der Waals surface area contributed by atoms with Gasteiger partial charge in [-0.15, -0.1) is 0 Å². The molecule has 1 heteroatoms. The van der Waals surface area contributed by atoms with E-state index >= 15 is 0 Å². The van der Waals surface area contributed by atoms with E-state index in [2.05, 4.69) is 212 Å². The Morgan fingerprint density at radius 3 is 1.73 bits per heavy atom. The Hall–Kier alpha value is -5.66. The summed E-state index contributed by atoms with van der Waals surface area (Å²) < 4.78 is 0. The molecule has 3 aliphatic carbocycles. The summed E-state index contributed by atoms with van der Waals surface area (Å²) in [5, 5.41) is 0. The highest BCUT2D eigenvalue weighted by Crippen LogP contribution is 2.58. The SMILES string of the molecule is CC1(C)CC(C)(C)c2cc3c(cc21)-c1cccc(-c2cccc(N(c4ccc(-c5ccccc5)cc4)c4cccc5c4-c4ccccc4C5(C)C)c2)c1C3(C)C. The normalized spacial score (nSPS) is 17.1. The molecule has 0 saturated heterocycles. The van der Waals surface area contributed by atoms with Crippen molar-refractivity contribution in [2.24, 2.45) is 0 Å². The maximum atomic E-state index is 2.58. The third-order valence-electron chi connectivity index (χ3n) is 13.6. The van der Waals surface area contributed by atoms with E-state index in [1.54, 1.807) is 0 Å². The van der Waals surface area contributed by atoms with Gasteiger partial charge in [0.1, 0.15) is 0 Å². The van der Waals surface area contributed by atoms with Gasteiger partial charge < -0.3 is 4.90 Å². The van der Waals surface area contributed by atoms with Crippen LogP contribution < -0.4 is 4.90 Å². The van der Waals surface area contributed by atoms with Crippen molar-refractivity contribution in [3.05, 3.63) is 185 Å². The molecule has 0 unspecified atom stereocenters. The Balaban J connectivity index is 1.15. The highest BCUT2D eigenvalue weighted by atomic mass is 15.1. The van der Waals surface area contributed by atoms with Crippen molar-refractivity contribution in [1.29, 1.82) is 0 Å². The molecule has 0 spiro atoms. The fraction of sp³-hybridized carbons (Fsp3) is 0.236. The molecule has 0 N–H and O–H groups in total. The van der Waals surface area contributed by atoms with Gasteiger partial charge in [-0.3, -0.25) is 0 Å². The van der Waals surface area contributed by atoms with E-state index in [1.807, 2.05) is 0 Å². The summed E-state index contributed by atoms with van der Waals surface area (Å²) in [5.41, 5.74) is 22.7. The molecule has 0 heterocycles. The Morgan fingerprint density at radius 2 is 0.964 bits per heavy atom. The van der Waals surface area contributed by atoms with Crippen molar-refractivity contribution in [2.75, 3.05) is 4.90 Å². The molecule has 276 valence electrons. The summed E-state index contributed by atoms with van der Waals surface area (Å²) in [6.45, 7) is 19.3. The third kappa shape index (κ3) is 4.99. The lowest BCUT2D eigenvalue weighted by Gasteiger charge is -2.30. The van der Waals surface area contributed by atoms with E-state index < -0.39 is 0 Å². The second-order valence-electron chi connectivity index (χ2n) is 18.9. The zero-order chi connectivity index (χ0) is 38.8. The van der Waals surface area contributed by atoms with Gasteiger partial charge in [-0.2, -0.15) is 0 Å². The second kappa shape index (κ2) is 11.9. The van der Waals surface area contributed by atoms with Gasteiger partial charge >= 0.3 is 0 Å². The highest BCUT2D eigenvalue weighted by Gasteiger charge is 2.46. The number of nitrogens with zero attached hydrogens (tertiary/aromatic N) is 1. The molecule has 7 aromatic rings. The topological polar surface area (TPSA) is 3.24 Å². The van der Waals surface area contributed by atoms with Crippen LogP contribution in [-0.2, 0) is 21.7 Å². The lowest BCUT2D eigenvalue weighted by molar-refractivity contribution is 0.403. The smallest absolute Gasteiger partial charge is 0.0543 e. The summed E-state index contributed by atoms with van der Waals surface area (Å²) in [5.74, 6) is 0. The van der Waals surface area contributed by atoms with Gasteiger partial charge in [0.2, 0.25) is 0 Å². The fourth-order valence-electron chi connectivity index (χ4n) is 11.2. The largest absolute Gasteiger partial charge is 0.310 e. The number of rotatable bonds is 5. The molecule has 7 aromatic carbocycles. The Kier molecular flexibility index (Phi) is 7.41. The van der Waals surface area contributed by atoms with E-state index in [4.69, 9.17) is 0 Å². The summed E-state index contributed by atoms with van der Waals surface area (Å²) >= 11 is 0. The first kappa shape index (κ1) is 34.8. The molecule has 0 amide bonds. The summed E-state index contributed by atoms with van der Waals surface area (Å²) in [4.78, 5) is 2.49. The molecule has 0 aromatic heterocycles. The molecule has 0 saturated carbocycles. The second-order valence-corrected chi connectivity index (χ2v) is 18.9. The van der Waals surface area contributed by atoms with Crippen molar-refractivity contribution in [2.45, 2.75) is 83.5 Å². The van der Waals surface area contributed by atoms with Crippen LogP contribution in [0.5, 0.6) is 0 Å². The van der Waals surface area contributed by atoms with Crippen LogP contribution in [0.4, 0.5) is 17.1 Å². The monoisotopic (exact) mass is 725 g/mol. The van der Waals surface area contributed by atoms with Crippen LogP contribution >= 0.6 is 0 Å². The average molecular weight is 726 g/mol. The number of hydrogen-bond acceptors (Lipinski definition) is 1. The zero-order valence-electron chi connectivity index (χ0n) is 34.1. The van der Waals surface area contributed by atoms with Gasteiger partial charge in [0, 0.05) is 27.8 Å². The van der Waals surface area contributed by atoms with Gasteiger partial charge in [0.15, 0.2) is 0 Å². The zero-order valence-corrected chi connectivity index (χ0v) is 34.1. The molecule has 0 fully saturated rings. The van der Waals surface area contributed by atoms with E-state index in [1.165, 1.54) is 90.0 Å². The van der Waals surface area contributed by atoms with Crippen molar-refractivity contribution in [1.82, 2.24) is 0 Å². The molecule has 0 atom stereocenters. The van der Waals surface area contributed by atoms with Crippen LogP contribution in [0.25, 0.3) is 44.5 Å². The Bertz CT molecular complexity index is 2700. The van der Waals surface area contributed by atoms with E-state index in [0.29, 0.717) is 0 Å². The minimum absolute atomic E-state index is 0.0948. The molecule has 56 heavy (non-hydrogen) atoms. The van der Waals surface area contributed by atoms with Crippen molar-refractivity contribution < 1.29 is 0 Å². The molecule has 0 aliphatic heterocycles. The maximum absolute atomic E-state index is 2.58. The Morgan fingerprint density at radius 1 is 0.375 bits per heavy atom. The quantitative estimate of drug-likeness (QED) is 0.171. The van der Waals surface area contributed by atoms with Crippen molar-refractivity contribution in [3.63, 3.8) is 0 Å². The first-order valence-electron chi connectivity index (χ1n) is 20.4. The van der Waals surface area contributed by atoms with Gasteiger partial charge in [0.05, 0.1) is 5.69 Å². The van der Waals surface area contributed by atoms with E-state index in [0.717, 1.165) is 11.4 Å². The minimum Gasteiger partial charge on any atom is -0.310 e. The fourth-order valence-corrected chi connectivity index (χ4v) is 11.2. The van der Waals surface area contributed by atoms with E-state index in [9.17, 15) is 0 Å². The molecule has 10 rings (SSSR count). The van der Waals surface area contributed by atoms with Crippen molar-refractivity contribution >= 4 is 17.1 Å².